The van der Waals surface area contributed by atoms with E-state index in [0.29, 0.717) is 36.4 Å². The van der Waals surface area contributed by atoms with Gasteiger partial charge in [-0.05, 0) is 42.7 Å². The fraction of sp³-hybridized carbons (Fsp3) is 0.350. The molecule has 28 heavy (non-hydrogen) atoms. The highest BCUT2D eigenvalue weighted by Crippen LogP contribution is 2.24. The molecule has 0 radical (unpaired) electrons. The summed E-state index contributed by atoms with van der Waals surface area (Å²) < 4.78 is 45.0. The zero-order valence-electron chi connectivity index (χ0n) is 15.6. The number of hydrogen-bond acceptors (Lipinski definition) is 4. The van der Waals surface area contributed by atoms with Gasteiger partial charge in [0.15, 0.2) is 0 Å². The molecule has 150 valence electrons. The van der Waals surface area contributed by atoms with E-state index in [2.05, 4.69) is 5.32 Å². The molecule has 3 rings (SSSR count). The minimum absolute atomic E-state index is 0.138. The third-order valence-electron chi connectivity index (χ3n) is 4.75. The van der Waals surface area contributed by atoms with Crippen LogP contribution in [-0.4, -0.2) is 38.8 Å². The number of nitrogens with one attached hydrogen (secondary N) is 1. The van der Waals surface area contributed by atoms with Crippen molar-refractivity contribution in [1.29, 1.82) is 0 Å². The largest absolute Gasteiger partial charge is 0.497 e. The lowest BCUT2D eigenvalue weighted by Gasteiger charge is -2.31. The highest BCUT2D eigenvalue weighted by molar-refractivity contribution is 7.88. The number of benzene rings is 2. The fourth-order valence-electron chi connectivity index (χ4n) is 3.24. The van der Waals surface area contributed by atoms with Gasteiger partial charge in [-0.3, -0.25) is 4.79 Å². The van der Waals surface area contributed by atoms with Gasteiger partial charge in [0.2, 0.25) is 15.9 Å². The second kappa shape index (κ2) is 8.70. The van der Waals surface area contributed by atoms with Gasteiger partial charge in [0, 0.05) is 24.8 Å². The van der Waals surface area contributed by atoms with Crippen molar-refractivity contribution >= 4 is 21.6 Å². The van der Waals surface area contributed by atoms with Crippen LogP contribution in [0.25, 0.3) is 0 Å². The predicted octanol–water partition coefficient (Wildman–Crippen LogP) is 3.01. The lowest BCUT2D eigenvalue weighted by molar-refractivity contribution is -0.120. The van der Waals surface area contributed by atoms with E-state index in [9.17, 15) is 17.6 Å². The number of halogens is 1. The highest BCUT2D eigenvalue weighted by Gasteiger charge is 2.32. The van der Waals surface area contributed by atoms with Crippen molar-refractivity contribution in [2.75, 3.05) is 25.5 Å². The Labute approximate surface area is 164 Å². The van der Waals surface area contributed by atoms with Crippen molar-refractivity contribution in [2.45, 2.75) is 18.6 Å². The Hall–Kier alpha value is -2.45. The Balaban J connectivity index is 1.65. The van der Waals surface area contributed by atoms with Crippen molar-refractivity contribution in [2.24, 2.45) is 5.92 Å². The maximum atomic E-state index is 13.0. The molecule has 1 heterocycles. The number of rotatable bonds is 6. The first-order valence-corrected chi connectivity index (χ1v) is 10.7. The average molecular weight is 406 g/mol. The second-order valence-corrected chi connectivity index (χ2v) is 8.77. The maximum Gasteiger partial charge on any atom is 0.228 e. The normalized spacial score (nSPS) is 17.9. The monoisotopic (exact) mass is 406 g/mol. The van der Waals surface area contributed by atoms with Crippen molar-refractivity contribution in [3.8, 4) is 5.75 Å². The van der Waals surface area contributed by atoms with E-state index < -0.39 is 21.8 Å². The molecule has 1 amide bonds. The second-order valence-electron chi connectivity index (χ2n) is 6.80. The van der Waals surface area contributed by atoms with E-state index in [1.807, 2.05) is 0 Å². The molecule has 8 heteroatoms. The first-order chi connectivity index (χ1) is 13.4. The molecule has 2 aromatic carbocycles. The number of anilines is 1. The van der Waals surface area contributed by atoms with Gasteiger partial charge in [0.05, 0.1) is 18.8 Å². The molecule has 0 aromatic heterocycles. The van der Waals surface area contributed by atoms with Crippen LogP contribution in [0.15, 0.2) is 48.5 Å². The first-order valence-electron chi connectivity index (χ1n) is 9.04. The van der Waals surface area contributed by atoms with Gasteiger partial charge in [-0.1, -0.05) is 18.2 Å². The Bertz CT molecular complexity index is 931. The quantitative estimate of drug-likeness (QED) is 0.800. The summed E-state index contributed by atoms with van der Waals surface area (Å²) in [6, 6.07) is 12.4. The van der Waals surface area contributed by atoms with Crippen LogP contribution in [0.3, 0.4) is 0 Å². The first kappa shape index (κ1) is 20.3. The zero-order chi connectivity index (χ0) is 20.1. The number of carbonyl (C=O) groups is 1. The molecule has 1 unspecified atom stereocenters. The van der Waals surface area contributed by atoms with Gasteiger partial charge in [-0.15, -0.1) is 0 Å². The number of hydrogen-bond donors (Lipinski definition) is 1. The number of amides is 1. The van der Waals surface area contributed by atoms with E-state index in [4.69, 9.17) is 4.74 Å². The summed E-state index contributed by atoms with van der Waals surface area (Å²) in [5.41, 5.74) is 1.12. The summed E-state index contributed by atoms with van der Waals surface area (Å²) in [6.07, 6.45) is 1.23. The van der Waals surface area contributed by atoms with Gasteiger partial charge in [0.1, 0.15) is 11.6 Å². The molecule has 0 bridgehead atoms. The van der Waals surface area contributed by atoms with E-state index in [1.165, 1.54) is 28.6 Å². The van der Waals surface area contributed by atoms with Crippen molar-refractivity contribution in [3.05, 3.63) is 59.9 Å². The van der Waals surface area contributed by atoms with Crippen LogP contribution in [0.2, 0.25) is 0 Å². The van der Waals surface area contributed by atoms with E-state index >= 15 is 0 Å². The number of nitrogens with zero attached hydrogens (tertiary/aromatic N) is 1. The summed E-state index contributed by atoms with van der Waals surface area (Å²) in [6.45, 7) is 0.520. The molecule has 0 spiro atoms. The number of methoxy groups -OCH3 is 1. The van der Waals surface area contributed by atoms with Gasteiger partial charge in [0.25, 0.3) is 0 Å². The third-order valence-corrected chi connectivity index (χ3v) is 6.56. The number of carbonyl (C=O) groups excluding carboxylic acids is 1. The molecule has 1 aliphatic heterocycles. The van der Waals surface area contributed by atoms with Crippen molar-refractivity contribution < 1.29 is 22.3 Å². The van der Waals surface area contributed by atoms with Gasteiger partial charge in [-0.2, -0.15) is 0 Å². The standard InChI is InChI=1S/C20H23FN2O4S/c1-27-19-6-2-5-18(12-19)22-20(24)16-4-3-11-23(13-16)28(25,26)14-15-7-9-17(21)10-8-15/h2,5-10,12,16H,3-4,11,13-14H2,1H3,(H,22,24). The predicted molar refractivity (Wildman–Crippen MR) is 105 cm³/mol. The fourth-order valence-corrected chi connectivity index (χ4v) is 4.85. The Morgan fingerprint density at radius 1 is 1.25 bits per heavy atom. The Kier molecular flexibility index (Phi) is 6.31. The van der Waals surface area contributed by atoms with E-state index in [-0.39, 0.29) is 18.2 Å². The lowest BCUT2D eigenvalue weighted by Crippen LogP contribution is -2.44. The molecular formula is C20H23FN2O4S. The summed E-state index contributed by atoms with van der Waals surface area (Å²) >= 11 is 0. The molecule has 0 aliphatic carbocycles. The Morgan fingerprint density at radius 2 is 2.00 bits per heavy atom. The molecule has 1 fully saturated rings. The maximum absolute atomic E-state index is 13.0. The van der Waals surface area contributed by atoms with Crippen LogP contribution in [0.4, 0.5) is 10.1 Å². The molecule has 6 nitrogen and oxygen atoms in total. The molecule has 2 aromatic rings. The molecule has 1 saturated heterocycles. The Morgan fingerprint density at radius 3 is 2.71 bits per heavy atom. The summed E-state index contributed by atoms with van der Waals surface area (Å²) in [7, 11) is -2.04. The summed E-state index contributed by atoms with van der Waals surface area (Å²) in [4.78, 5) is 12.6. The molecule has 1 N–H and O–H groups in total. The average Bonchev–Trinajstić information content (AvgIpc) is 2.70. The molecule has 0 saturated carbocycles. The van der Waals surface area contributed by atoms with Crippen LogP contribution in [0.5, 0.6) is 5.75 Å². The molecule has 1 aliphatic rings. The molecular weight excluding hydrogens is 383 g/mol. The number of ether oxygens (including phenoxy) is 1. The van der Waals surface area contributed by atoms with Crippen LogP contribution in [0.1, 0.15) is 18.4 Å². The lowest BCUT2D eigenvalue weighted by atomic mass is 9.98. The smallest absolute Gasteiger partial charge is 0.228 e. The highest BCUT2D eigenvalue weighted by atomic mass is 32.2. The van der Waals surface area contributed by atoms with Gasteiger partial charge < -0.3 is 10.1 Å². The minimum atomic E-state index is -3.59. The minimum Gasteiger partial charge on any atom is -0.497 e. The zero-order valence-corrected chi connectivity index (χ0v) is 16.4. The van der Waals surface area contributed by atoms with Crippen LogP contribution < -0.4 is 10.1 Å². The van der Waals surface area contributed by atoms with Gasteiger partial charge in [-0.25, -0.2) is 17.1 Å². The van der Waals surface area contributed by atoms with Crippen LogP contribution in [-0.2, 0) is 20.6 Å². The number of piperidine rings is 1. The van der Waals surface area contributed by atoms with Crippen LogP contribution >= 0.6 is 0 Å². The van der Waals surface area contributed by atoms with Crippen LogP contribution in [0, 0.1) is 11.7 Å². The van der Waals surface area contributed by atoms with Gasteiger partial charge >= 0.3 is 0 Å². The van der Waals surface area contributed by atoms with Crippen molar-refractivity contribution in [1.82, 2.24) is 4.31 Å². The van der Waals surface area contributed by atoms with Crippen molar-refractivity contribution in [3.63, 3.8) is 0 Å². The summed E-state index contributed by atoms with van der Waals surface area (Å²) in [5, 5.41) is 2.83. The molecule has 1 atom stereocenters. The topological polar surface area (TPSA) is 75.7 Å². The SMILES string of the molecule is COc1cccc(NC(=O)C2CCCN(S(=O)(=O)Cc3ccc(F)cc3)C2)c1. The van der Waals surface area contributed by atoms with E-state index in [0.717, 1.165) is 0 Å². The third kappa shape index (κ3) is 5.08. The van der Waals surface area contributed by atoms with E-state index in [1.54, 1.807) is 31.4 Å². The summed E-state index contributed by atoms with van der Waals surface area (Å²) in [5.74, 6) is -0.631. The number of sulfonamides is 1.